The van der Waals surface area contributed by atoms with E-state index >= 15 is 0 Å². The van der Waals surface area contributed by atoms with Crippen molar-refractivity contribution < 1.29 is 4.42 Å². The van der Waals surface area contributed by atoms with Gasteiger partial charge in [0.1, 0.15) is 11.5 Å². The lowest BCUT2D eigenvalue weighted by molar-refractivity contribution is 0.118. The standard InChI is InChI=1S/C14H24N2O/c1-3-12-6-7-14(17-12)13(9-15)16-8-4-5-11(2)10-16/h6-7,11,13H,3-5,8-10,15H2,1-2H3. The van der Waals surface area contributed by atoms with E-state index in [9.17, 15) is 0 Å². The smallest absolute Gasteiger partial charge is 0.122 e. The molecule has 0 amide bonds. The Morgan fingerprint density at radius 1 is 1.53 bits per heavy atom. The predicted octanol–water partition coefficient (Wildman–Crippen LogP) is 2.57. The predicted molar refractivity (Wildman–Crippen MR) is 69.9 cm³/mol. The molecule has 96 valence electrons. The number of piperidine rings is 1. The second kappa shape index (κ2) is 5.69. The van der Waals surface area contributed by atoms with Gasteiger partial charge in [0.15, 0.2) is 0 Å². The fraction of sp³-hybridized carbons (Fsp3) is 0.714. The second-order valence-electron chi connectivity index (χ2n) is 5.15. The van der Waals surface area contributed by atoms with Crippen LogP contribution in [0.5, 0.6) is 0 Å². The summed E-state index contributed by atoms with van der Waals surface area (Å²) in [6.45, 7) is 7.37. The van der Waals surface area contributed by atoms with Crippen LogP contribution in [-0.2, 0) is 6.42 Å². The molecule has 2 unspecified atom stereocenters. The van der Waals surface area contributed by atoms with E-state index in [1.54, 1.807) is 0 Å². The van der Waals surface area contributed by atoms with Gasteiger partial charge >= 0.3 is 0 Å². The maximum Gasteiger partial charge on any atom is 0.122 e. The Morgan fingerprint density at radius 2 is 2.35 bits per heavy atom. The zero-order chi connectivity index (χ0) is 12.3. The summed E-state index contributed by atoms with van der Waals surface area (Å²) in [6, 6.07) is 4.43. The Kier molecular flexibility index (Phi) is 4.24. The third-order valence-electron chi connectivity index (χ3n) is 3.71. The molecule has 3 nitrogen and oxygen atoms in total. The van der Waals surface area contributed by atoms with Crippen molar-refractivity contribution >= 4 is 0 Å². The van der Waals surface area contributed by atoms with E-state index in [4.69, 9.17) is 10.2 Å². The minimum atomic E-state index is 0.262. The Bertz CT molecular complexity index is 348. The third-order valence-corrected chi connectivity index (χ3v) is 3.71. The number of nitrogens with two attached hydrogens (primary N) is 1. The molecule has 1 aromatic heterocycles. The molecule has 2 atom stereocenters. The number of likely N-dealkylation sites (tertiary alicyclic amines) is 1. The maximum absolute atomic E-state index is 5.93. The Labute approximate surface area is 104 Å². The van der Waals surface area contributed by atoms with Crippen molar-refractivity contribution in [3.05, 3.63) is 23.7 Å². The first-order valence-electron chi connectivity index (χ1n) is 6.77. The van der Waals surface area contributed by atoms with Gasteiger partial charge in [-0.15, -0.1) is 0 Å². The van der Waals surface area contributed by atoms with Gasteiger partial charge in [0.2, 0.25) is 0 Å². The third kappa shape index (κ3) is 2.90. The minimum absolute atomic E-state index is 0.262. The molecule has 0 radical (unpaired) electrons. The SMILES string of the molecule is CCc1ccc(C(CN)N2CCCC(C)C2)o1. The Balaban J connectivity index is 2.09. The average molecular weight is 236 g/mol. The zero-order valence-corrected chi connectivity index (χ0v) is 11.0. The molecular formula is C14H24N2O. The van der Waals surface area contributed by atoms with Gasteiger partial charge in [0.05, 0.1) is 6.04 Å². The summed E-state index contributed by atoms with van der Waals surface area (Å²) in [5, 5.41) is 0. The lowest BCUT2D eigenvalue weighted by atomic mass is 9.98. The van der Waals surface area contributed by atoms with Crippen molar-refractivity contribution in [2.75, 3.05) is 19.6 Å². The fourth-order valence-electron chi connectivity index (χ4n) is 2.72. The van der Waals surface area contributed by atoms with Gasteiger partial charge in [-0.1, -0.05) is 13.8 Å². The van der Waals surface area contributed by atoms with E-state index in [2.05, 4.69) is 30.9 Å². The molecule has 0 saturated carbocycles. The van der Waals surface area contributed by atoms with Crippen molar-refractivity contribution in [3.63, 3.8) is 0 Å². The highest BCUT2D eigenvalue weighted by atomic mass is 16.3. The summed E-state index contributed by atoms with van der Waals surface area (Å²) in [7, 11) is 0. The van der Waals surface area contributed by atoms with Crippen LogP contribution in [0.2, 0.25) is 0 Å². The molecule has 0 bridgehead atoms. The van der Waals surface area contributed by atoms with E-state index in [1.807, 2.05) is 0 Å². The first-order valence-corrected chi connectivity index (χ1v) is 6.77. The van der Waals surface area contributed by atoms with Gasteiger partial charge in [-0.05, 0) is 37.4 Å². The lowest BCUT2D eigenvalue weighted by Gasteiger charge is -2.35. The maximum atomic E-state index is 5.93. The van der Waals surface area contributed by atoms with Crippen LogP contribution < -0.4 is 5.73 Å². The lowest BCUT2D eigenvalue weighted by Crippen LogP contribution is -2.40. The fourth-order valence-corrected chi connectivity index (χ4v) is 2.72. The molecule has 1 aliphatic heterocycles. The van der Waals surface area contributed by atoms with Gasteiger partial charge in [-0.3, -0.25) is 4.90 Å². The molecule has 0 aromatic carbocycles. The highest BCUT2D eigenvalue weighted by Gasteiger charge is 2.26. The average Bonchev–Trinajstić information content (AvgIpc) is 2.79. The van der Waals surface area contributed by atoms with Crippen molar-refractivity contribution in [1.29, 1.82) is 0 Å². The van der Waals surface area contributed by atoms with Gasteiger partial charge in [0, 0.05) is 19.5 Å². The van der Waals surface area contributed by atoms with Gasteiger partial charge < -0.3 is 10.2 Å². The summed E-state index contributed by atoms with van der Waals surface area (Å²) in [5.74, 6) is 2.88. The first kappa shape index (κ1) is 12.7. The Hall–Kier alpha value is -0.800. The molecular weight excluding hydrogens is 212 g/mol. The summed E-state index contributed by atoms with van der Waals surface area (Å²) < 4.78 is 5.85. The topological polar surface area (TPSA) is 42.4 Å². The second-order valence-corrected chi connectivity index (χ2v) is 5.15. The van der Waals surface area contributed by atoms with Crippen LogP contribution in [0.3, 0.4) is 0 Å². The van der Waals surface area contributed by atoms with Crippen LogP contribution in [-0.4, -0.2) is 24.5 Å². The van der Waals surface area contributed by atoms with Gasteiger partial charge in [-0.25, -0.2) is 0 Å². The van der Waals surface area contributed by atoms with Crippen LogP contribution in [0.1, 0.15) is 44.3 Å². The molecule has 1 saturated heterocycles. The molecule has 1 aliphatic rings. The molecule has 0 spiro atoms. The molecule has 2 rings (SSSR count). The van der Waals surface area contributed by atoms with Crippen molar-refractivity contribution in [1.82, 2.24) is 4.90 Å². The van der Waals surface area contributed by atoms with Gasteiger partial charge in [-0.2, -0.15) is 0 Å². The van der Waals surface area contributed by atoms with Gasteiger partial charge in [0.25, 0.3) is 0 Å². The normalized spacial score (nSPS) is 23.8. The number of aryl methyl sites for hydroxylation is 1. The van der Waals surface area contributed by atoms with E-state index < -0.39 is 0 Å². The number of nitrogens with zero attached hydrogens (tertiary/aromatic N) is 1. The van der Waals surface area contributed by atoms with Crippen molar-refractivity contribution in [2.24, 2.45) is 11.7 Å². The van der Waals surface area contributed by atoms with E-state index in [-0.39, 0.29) is 6.04 Å². The molecule has 1 fully saturated rings. The van der Waals surface area contributed by atoms with E-state index in [1.165, 1.54) is 12.8 Å². The van der Waals surface area contributed by atoms with Crippen LogP contribution in [0.15, 0.2) is 16.5 Å². The number of hydrogen-bond donors (Lipinski definition) is 1. The molecule has 1 aromatic rings. The monoisotopic (exact) mass is 236 g/mol. The molecule has 3 heteroatoms. The molecule has 17 heavy (non-hydrogen) atoms. The number of furan rings is 1. The quantitative estimate of drug-likeness (QED) is 0.873. The highest BCUT2D eigenvalue weighted by molar-refractivity contribution is 5.11. The van der Waals surface area contributed by atoms with Crippen LogP contribution in [0.25, 0.3) is 0 Å². The van der Waals surface area contributed by atoms with Crippen molar-refractivity contribution in [2.45, 2.75) is 39.2 Å². The number of rotatable bonds is 4. The van der Waals surface area contributed by atoms with Crippen LogP contribution >= 0.6 is 0 Å². The minimum Gasteiger partial charge on any atom is -0.464 e. The van der Waals surface area contributed by atoms with Crippen LogP contribution in [0.4, 0.5) is 0 Å². The van der Waals surface area contributed by atoms with Crippen LogP contribution in [0, 0.1) is 5.92 Å². The number of hydrogen-bond acceptors (Lipinski definition) is 3. The van der Waals surface area contributed by atoms with E-state index in [0.717, 1.165) is 36.9 Å². The van der Waals surface area contributed by atoms with E-state index in [0.29, 0.717) is 6.54 Å². The summed E-state index contributed by atoms with van der Waals surface area (Å²) in [4.78, 5) is 2.48. The molecule has 2 heterocycles. The summed E-state index contributed by atoms with van der Waals surface area (Å²) in [6.07, 6.45) is 3.57. The Morgan fingerprint density at radius 3 is 2.94 bits per heavy atom. The zero-order valence-electron chi connectivity index (χ0n) is 11.0. The summed E-state index contributed by atoms with van der Waals surface area (Å²) >= 11 is 0. The summed E-state index contributed by atoms with van der Waals surface area (Å²) in [5.41, 5.74) is 5.93. The first-order chi connectivity index (χ1) is 8.24. The highest BCUT2D eigenvalue weighted by Crippen LogP contribution is 2.27. The molecule has 2 N–H and O–H groups in total. The molecule has 0 aliphatic carbocycles. The van der Waals surface area contributed by atoms with Crippen molar-refractivity contribution in [3.8, 4) is 0 Å². The largest absolute Gasteiger partial charge is 0.464 e.